The molecule has 0 bridgehead atoms. The van der Waals surface area contributed by atoms with Crippen LogP contribution in [0, 0.1) is 5.92 Å². The highest BCUT2D eigenvalue weighted by Gasteiger charge is 2.37. The summed E-state index contributed by atoms with van der Waals surface area (Å²) >= 11 is 0. The van der Waals surface area contributed by atoms with E-state index in [2.05, 4.69) is 5.32 Å². The van der Waals surface area contributed by atoms with Crippen molar-refractivity contribution in [2.75, 3.05) is 33.2 Å². The molecule has 0 aromatic heterocycles. The molecule has 2 aliphatic heterocycles. The maximum atomic E-state index is 12.9. The summed E-state index contributed by atoms with van der Waals surface area (Å²) in [6.07, 6.45) is 3.79. The molecule has 1 aromatic carbocycles. The van der Waals surface area contributed by atoms with Crippen LogP contribution in [-0.2, 0) is 4.79 Å². The smallest absolute Gasteiger partial charge is 0.254 e. The fourth-order valence-corrected chi connectivity index (χ4v) is 3.87. The van der Waals surface area contributed by atoms with Crippen LogP contribution in [0.4, 0.5) is 0 Å². The quantitative estimate of drug-likeness (QED) is 0.916. The summed E-state index contributed by atoms with van der Waals surface area (Å²) in [7, 11) is 1.98. The molecule has 0 spiro atoms. The van der Waals surface area contributed by atoms with Crippen LogP contribution in [0.2, 0.25) is 0 Å². The minimum absolute atomic E-state index is 0.0171. The van der Waals surface area contributed by atoms with Crippen molar-refractivity contribution in [3.8, 4) is 0 Å². The van der Waals surface area contributed by atoms with Gasteiger partial charge in [0, 0.05) is 25.2 Å². The zero-order valence-electron chi connectivity index (χ0n) is 14.4. The van der Waals surface area contributed by atoms with Crippen molar-refractivity contribution in [3.63, 3.8) is 0 Å². The molecule has 130 valence electrons. The lowest BCUT2D eigenvalue weighted by Gasteiger charge is -2.35. The first kappa shape index (κ1) is 17.0. The second kappa shape index (κ2) is 7.79. The van der Waals surface area contributed by atoms with Gasteiger partial charge in [-0.3, -0.25) is 9.59 Å². The average Bonchev–Trinajstić information content (AvgIpc) is 3.12. The number of carbonyl (C=O) groups excluding carboxylic acids is 2. The number of hydrogen-bond acceptors (Lipinski definition) is 3. The van der Waals surface area contributed by atoms with Crippen LogP contribution in [0.25, 0.3) is 0 Å². The predicted octanol–water partition coefficient (Wildman–Crippen LogP) is 1.75. The van der Waals surface area contributed by atoms with E-state index in [0.717, 1.165) is 45.3 Å². The van der Waals surface area contributed by atoms with Crippen molar-refractivity contribution >= 4 is 11.8 Å². The Balaban J connectivity index is 1.63. The molecule has 5 heteroatoms. The summed E-state index contributed by atoms with van der Waals surface area (Å²) in [4.78, 5) is 29.4. The number of carbonyl (C=O) groups is 2. The maximum absolute atomic E-state index is 12.9. The number of rotatable bonds is 4. The van der Waals surface area contributed by atoms with Gasteiger partial charge in [-0.05, 0) is 57.3 Å². The van der Waals surface area contributed by atoms with Crippen LogP contribution in [0.15, 0.2) is 30.3 Å². The number of nitrogens with one attached hydrogen (secondary N) is 1. The van der Waals surface area contributed by atoms with Gasteiger partial charge in [0.05, 0.1) is 0 Å². The van der Waals surface area contributed by atoms with E-state index in [9.17, 15) is 9.59 Å². The highest BCUT2D eigenvalue weighted by molar-refractivity contribution is 5.97. The molecular formula is C19H27N3O2. The lowest BCUT2D eigenvalue weighted by Crippen LogP contribution is -2.50. The van der Waals surface area contributed by atoms with Gasteiger partial charge >= 0.3 is 0 Å². The molecule has 0 aliphatic carbocycles. The second-order valence-corrected chi connectivity index (χ2v) is 6.85. The molecule has 1 unspecified atom stereocenters. The molecule has 3 rings (SSSR count). The van der Waals surface area contributed by atoms with E-state index in [1.54, 1.807) is 4.90 Å². The van der Waals surface area contributed by atoms with E-state index in [1.165, 1.54) is 0 Å². The van der Waals surface area contributed by atoms with Crippen LogP contribution < -0.4 is 5.32 Å². The number of piperidine rings is 1. The van der Waals surface area contributed by atoms with Gasteiger partial charge in [0.25, 0.3) is 5.91 Å². The third kappa shape index (κ3) is 3.61. The molecule has 2 heterocycles. The predicted molar refractivity (Wildman–Crippen MR) is 93.7 cm³/mol. The molecule has 0 radical (unpaired) electrons. The van der Waals surface area contributed by atoms with E-state index in [1.807, 2.05) is 42.3 Å². The van der Waals surface area contributed by atoms with Crippen molar-refractivity contribution in [1.82, 2.24) is 15.1 Å². The zero-order chi connectivity index (χ0) is 16.9. The van der Waals surface area contributed by atoms with Gasteiger partial charge < -0.3 is 15.1 Å². The Labute approximate surface area is 144 Å². The number of amides is 2. The van der Waals surface area contributed by atoms with Crippen molar-refractivity contribution in [1.29, 1.82) is 0 Å². The first-order valence-electron chi connectivity index (χ1n) is 9.00. The van der Waals surface area contributed by atoms with E-state index in [-0.39, 0.29) is 17.9 Å². The third-order valence-corrected chi connectivity index (χ3v) is 5.24. The van der Waals surface area contributed by atoms with E-state index >= 15 is 0 Å². The number of benzene rings is 1. The molecular weight excluding hydrogens is 302 g/mol. The fourth-order valence-electron chi connectivity index (χ4n) is 3.87. The molecule has 2 aliphatic rings. The minimum atomic E-state index is -0.279. The number of likely N-dealkylation sites (tertiary alicyclic amines) is 2. The Morgan fingerprint density at radius 2 is 1.79 bits per heavy atom. The van der Waals surface area contributed by atoms with Gasteiger partial charge in [-0.15, -0.1) is 0 Å². The zero-order valence-corrected chi connectivity index (χ0v) is 14.4. The van der Waals surface area contributed by atoms with Gasteiger partial charge in [-0.25, -0.2) is 0 Å². The van der Waals surface area contributed by atoms with Gasteiger partial charge in [0.15, 0.2) is 0 Å². The topological polar surface area (TPSA) is 52.7 Å². The normalized spacial score (nSPS) is 22.0. The van der Waals surface area contributed by atoms with Gasteiger partial charge in [0.1, 0.15) is 6.04 Å². The Hall–Kier alpha value is -1.88. The van der Waals surface area contributed by atoms with Crippen LogP contribution in [0.5, 0.6) is 0 Å². The second-order valence-electron chi connectivity index (χ2n) is 6.85. The standard InChI is InChI=1S/C19H27N3O2/c1-20-14-15-9-12-21(13-10-15)19(24)17-8-5-11-22(17)18(23)16-6-3-2-4-7-16/h2-4,6-7,15,17,20H,5,8-14H2,1H3. The molecule has 1 N–H and O–H groups in total. The number of hydrogen-bond donors (Lipinski definition) is 1. The lowest BCUT2D eigenvalue weighted by molar-refractivity contribution is -0.136. The molecule has 24 heavy (non-hydrogen) atoms. The Morgan fingerprint density at radius 3 is 2.46 bits per heavy atom. The summed E-state index contributed by atoms with van der Waals surface area (Å²) in [5, 5.41) is 3.22. The van der Waals surface area contributed by atoms with Gasteiger partial charge in [-0.2, -0.15) is 0 Å². The molecule has 1 aromatic rings. The Morgan fingerprint density at radius 1 is 1.08 bits per heavy atom. The van der Waals surface area contributed by atoms with Crippen LogP contribution in [0.3, 0.4) is 0 Å². The average molecular weight is 329 g/mol. The van der Waals surface area contributed by atoms with E-state index in [0.29, 0.717) is 18.0 Å². The van der Waals surface area contributed by atoms with E-state index in [4.69, 9.17) is 0 Å². The van der Waals surface area contributed by atoms with Crippen molar-refractivity contribution in [3.05, 3.63) is 35.9 Å². The molecule has 2 saturated heterocycles. The lowest BCUT2D eigenvalue weighted by atomic mass is 9.96. The SMILES string of the molecule is CNCC1CCN(C(=O)C2CCCN2C(=O)c2ccccc2)CC1. The van der Waals surface area contributed by atoms with Crippen LogP contribution >= 0.6 is 0 Å². The molecule has 2 amide bonds. The fraction of sp³-hybridized carbons (Fsp3) is 0.579. The molecule has 0 saturated carbocycles. The van der Waals surface area contributed by atoms with Crippen molar-refractivity contribution in [2.45, 2.75) is 31.7 Å². The first-order chi connectivity index (χ1) is 11.7. The summed E-state index contributed by atoms with van der Waals surface area (Å²) in [5.41, 5.74) is 0.671. The maximum Gasteiger partial charge on any atom is 0.254 e. The summed E-state index contributed by atoms with van der Waals surface area (Å²) in [6.45, 7) is 3.33. The summed E-state index contributed by atoms with van der Waals surface area (Å²) in [5.74, 6) is 0.779. The summed E-state index contributed by atoms with van der Waals surface area (Å²) < 4.78 is 0. The minimum Gasteiger partial charge on any atom is -0.341 e. The van der Waals surface area contributed by atoms with Crippen LogP contribution in [-0.4, -0.2) is 60.9 Å². The largest absolute Gasteiger partial charge is 0.341 e. The third-order valence-electron chi connectivity index (χ3n) is 5.24. The Bertz CT molecular complexity index is 567. The number of nitrogens with zero attached hydrogens (tertiary/aromatic N) is 2. The van der Waals surface area contributed by atoms with E-state index < -0.39 is 0 Å². The Kier molecular flexibility index (Phi) is 5.51. The highest BCUT2D eigenvalue weighted by Crippen LogP contribution is 2.24. The van der Waals surface area contributed by atoms with Crippen LogP contribution in [0.1, 0.15) is 36.0 Å². The first-order valence-corrected chi connectivity index (χ1v) is 9.00. The molecule has 2 fully saturated rings. The monoisotopic (exact) mass is 329 g/mol. The van der Waals surface area contributed by atoms with Gasteiger partial charge in [-0.1, -0.05) is 18.2 Å². The molecule has 5 nitrogen and oxygen atoms in total. The van der Waals surface area contributed by atoms with Crippen molar-refractivity contribution in [2.24, 2.45) is 5.92 Å². The van der Waals surface area contributed by atoms with Gasteiger partial charge in [0.2, 0.25) is 5.91 Å². The van der Waals surface area contributed by atoms with Crippen molar-refractivity contribution < 1.29 is 9.59 Å². The summed E-state index contributed by atoms with van der Waals surface area (Å²) in [6, 6.07) is 9.01. The molecule has 1 atom stereocenters. The highest BCUT2D eigenvalue weighted by atomic mass is 16.2.